The molecular weight excluding hydrogens is 488 g/mol. The molecule has 6 rings (SSSR count). The summed E-state index contributed by atoms with van der Waals surface area (Å²) >= 11 is 0. The summed E-state index contributed by atoms with van der Waals surface area (Å²) < 4.78 is 1.94. The number of carboxylic acids is 1. The van der Waals surface area contributed by atoms with Crippen molar-refractivity contribution in [3.05, 3.63) is 70.5 Å². The Bertz CT molecular complexity index is 1330. The van der Waals surface area contributed by atoms with Crippen LogP contribution in [0.1, 0.15) is 82.2 Å². The maximum Gasteiger partial charge on any atom is 0.326 e. The first-order chi connectivity index (χ1) is 19.1. The van der Waals surface area contributed by atoms with Crippen LogP contribution in [0.2, 0.25) is 0 Å². The van der Waals surface area contributed by atoms with Crippen LogP contribution in [0.25, 0.3) is 11.0 Å². The fourth-order valence-corrected chi connectivity index (χ4v) is 7.55. The number of hydrogen-bond acceptors (Lipinski definition) is 5. The molecule has 7 nitrogen and oxygen atoms in total. The molecule has 7 heteroatoms. The Morgan fingerprint density at radius 1 is 0.846 bits per heavy atom. The summed E-state index contributed by atoms with van der Waals surface area (Å²) in [6, 6.07) is 18.1. The first kappa shape index (κ1) is 26.1. The summed E-state index contributed by atoms with van der Waals surface area (Å²) in [6.07, 6.45) is 14.0. The molecule has 4 atom stereocenters. The number of fused-ring (bicyclic) bond motifs is 3. The van der Waals surface area contributed by atoms with Gasteiger partial charge in [0.25, 0.3) is 5.56 Å². The van der Waals surface area contributed by atoms with Crippen molar-refractivity contribution in [1.29, 1.82) is 0 Å². The standard InChI is InChI=1S/C32H40N4O3/c37-31-30(34-28(32(38)39)19-22-11-5-4-6-12-22)33-27-15-9-10-16-29(27)36(31)26-20-24-17-18-25(21-26)35(24)23-13-7-2-1-3-8-14-23/h4-6,9-12,15-16,23-26,28H,1-3,7-8,13-14,17-21H2,(H,33,34)(H,38,39)/t24-,25?,26?,28?/m0/s1. The van der Waals surface area contributed by atoms with E-state index in [1.807, 2.05) is 59.2 Å². The number of piperidine rings is 1. The number of benzene rings is 2. The Hall–Kier alpha value is -3.19. The van der Waals surface area contributed by atoms with Crippen LogP contribution >= 0.6 is 0 Å². The average Bonchev–Trinajstić information content (AvgIpc) is 3.17. The van der Waals surface area contributed by atoms with Gasteiger partial charge in [-0.1, -0.05) is 74.6 Å². The van der Waals surface area contributed by atoms with Crippen molar-refractivity contribution in [1.82, 2.24) is 14.5 Å². The van der Waals surface area contributed by atoms with E-state index in [0.717, 1.165) is 29.4 Å². The van der Waals surface area contributed by atoms with Crippen LogP contribution in [-0.4, -0.2) is 49.7 Å². The SMILES string of the molecule is O=C(O)C(Cc1ccccc1)Nc1nc2ccccc2n(C2CC3CC[C@@H](C2)N3C2CCCCCCC2)c1=O. The van der Waals surface area contributed by atoms with Gasteiger partial charge in [0.2, 0.25) is 0 Å². The largest absolute Gasteiger partial charge is 0.480 e. The second kappa shape index (κ2) is 11.5. The topological polar surface area (TPSA) is 87.5 Å². The minimum absolute atomic E-state index is 0.0886. The fraction of sp³-hybridized carbons (Fsp3) is 0.531. The molecule has 3 heterocycles. The molecule has 39 heavy (non-hydrogen) atoms. The lowest BCUT2D eigenvalue weighted by Crippen LogP contribution is -2.50. The molecule has 2 aliphatic heterocycles. The molecule has 0 radical (unpaired) electrons. The molecule has 1 saturated carbocycles. The van der Waals surface area contributed by atoms with E-state index in [-0.39, 0.29) is 23.8 Å². The summed E-state index contributed by atoms with van der Waals surface area (Å²) in [5, 5.41) is 13.0. The Morgan fingerprint density at radius 3 is 2.18 bits per heavy atom. The summed E-state index contributed by atoms with van der Waals surface area (Å²) in [7, 11) is 0. The average molecular weight is 529 g/mol. The molecule has 2 saturated heterocycles. The van der Waals surface area contributed by atoms with Crippen LogP contribution in [0.3, 0.4) is 0 Å². The first-order valence-corrected chi connectivity index (χ1v) is 14.9. The quantitative estimate of drug-likeness (QED) is 0.404. The summed E-state index contributed by atoms with van der Waals surface area (Å²) in [5.74, 6) is -0.864. The minimum atomic E-state index is -0.995. The van der Waals surface area contributed by atoms with E-state index in [9.17, 15) is 14.7 Å². The predicted molar refractivity (Wildman–Crippen MR) is 154 cm³/mol. The van der Waals surface area contributed by atoms with Crippen molar-refractivity contribution in [2.75, 3.05) is 5.32 Å². The molecule has 3 fully saturated rings. The molecule has 1 aromatic heterocycles. The van der Waals surface area contributed by atoms with Crippen LogP contribution in [0.5, 0.6) is 0 Å². The Balaban J connectivity index is 1.30. The van der Waals surface area contributed by atoms with Gasteiger partial charge < -0.3 is 15.0 Å². The number of rotatable bonds is 7. The van der Waals surface area contributed by atoms with Gasteiger partial charge in [0.1, 0.15) is 6.04 Å². The maximum absolute atomic E-state index is 14.0. The van der Waals surface area contributed by atoms with E-state index in [4.69, 9.17) is 0 Å². The molecule has 2 bridgehead atoms. The van der Waals surface area contributed by atoms with Crippen LogP contribution in [0.15, 0.2) is 59.4 Å². The lowest BCUT2D eigenvalue weighted by molar-refractivity contribution is -0.137. The van der Waals surface area contributed by atoms with Gasteiger partial charge in [0.05, 0.1) is 11.0 Å². The van der Waals surface area contributed by atoms with Gasteiger partial charge in [-0.25, -0.2) is 9.78 Å². The smallest absolute Gasteiger partial charge is 0.326 e. The monoisotopic (exact) mass is 528 g/mol. The second-order valence-corrected chi connectivity index (χ2v) is 11.8. The van der Waals surface area contributed by atoms with Crippen LogP contribution in [-0.2, 0) is 11.2 Å². The zero-order valence-electron chi connectivity index (χ0n) is 22.7. The number of nitrogens with zero attached hydrogens (tertiary/aromatic N) is 3. The van der Waals surface area contributed by atoms with Crippen LogP contribution < -0.4 is 10.9 Å². The van der Waals surface area contributed by atoms with Gasteiger partial charge >= 0.3 is 5.97 Å². The molecule has 1 aliphatic carbocycles. The molecule has 2 N–H and O–H groups in total. The van der Waals surface area contributed by atoms with Gasteiger partial charge in [-0.05, 0) is 56.2 Å². The molecule has 0 spiro atoms. The van der Waals surface area contributed by atoms with Crippen molar-refractivity contribution in [2.45, 2.75) is 107 Å². The summed E-state index contributed by atoms with van der Waals surface area (Å²) in [5.41, 5.74) is 2.25. The van der Waals surface area contributed by atoms with E-state index in [2.05, 4.69) is 15.2 Å². The van der Waals surface area contributed by atoms with Crippen LogP contribution in [0.4, 0.5) is 5.82 Å². The lowest BCUT2D eigenvalue weighted by Gasteiger charge is -2.45. The molecule has 206 valence electrons. The highest BCUT2D eigenvalue weighted by molar-refractivity contribution is 5.79. The number of nitrogens with one attached hydrogen (secondary N) is 1. The molecule has 3 unspecified atom stereocenters. The predicted octanol–water partition coefficient (Wildman–Crippen LogP) is 5.79. The van der Waals surface area contributed by atoms with Gasteiger partial charge in [0.15, 0.2) is 5.82 Å². The highest BCUT2D eigenvalue weighted by atomic mass is 16.4. The minimum Gasteiger partial charge on any atom is -0.480 e. The van der Waals surface area contributed by atoms with Gasteiger partial charge in [-0.2, -0.15) is 0 Å². The normalized spacial score (nSPS) is 25.2. The number of hydrogen-bond donors (Lipinski definition) is 2. The van der Waals surface area contributed by atoms with Gasteiger partial charge in [-0.15, -0.1) is 0 Å². The maximum atomic E-state index is 14.0. The van der Waals surface area contributed by atoms with Crippen molar-refractivity contribution >= 4 is 22.8 Å². The number of carboxylic acid groups (broad SMARTS) is 1. The highest BCUT2D eigenvalue weighted by Gasteiger charge is 2.44. The second-order valence-electron chi connectivity index (χ2n) is 11.8. The summed E-state index contributed by atoms with van der Waals surface area (Å²) in [4.78, 5) is 33.7. The third-order valence-electron chi connectivity index (χ3n) is 9.31. The third-order valence-corrected chi connectivity index (χ3v) is 9.31. The van der Waals surface area contributed by atoms with Crippen molar-refractivity contribution < 1.29 is 9.90 Å². The van der Waals surface area contributed by atoms with E-state index in [1.165, 1.54) is 57.8 Å². The lowest BCUT2D eigenvalue weighted by atomic mass is 9.89. The summed E-state index contributed by atoms with van der Waals surface area (Å²) in [6.45, 7) is 0. The Morgan fingerprint density at radius 2 is 1.49 bits per heavy atom. The van der Waals surface area contributed by atoms with Crippen molar-refractivity contribution in [2.24, 2.45) is 0 Å². The van der Waals surface area contributed by atoms with Gasteiger partial charge in [-0.3, -0.25) is 9.69 Å². The zero-order chi connectivity index (χ0) is 26.8. The molecule has 3 aliphatic rings. The molecular formula is C32H40N4O3. The van der Waals surface area contributed by atoms with Crippen molar-refractivity contribution in [3.8, 4) is 0 Å². The zero-order valence-corrected chi connectivity index (χ0v) is 22.7. The van der Waals surface area contributed by atoms with Crippen LogP contribution in [0, 0.1) is 0 Å². The number of aromatic nitrogens is 2. The number of para-hydroxylation sites is 2. The van der Waals surface area contributed by atoms with E-state index < -0.39 is 12.0 Å². The Labute approximate surface area is 230 Å². The van der Waals surface area contributed by atoms with Crippen molar-refractivity contribution in [3.63, 3.8) is 0 Å². The molecule has 3 aromatic rings. The first-order valence-electron chi connectivity index (χ1n) is 14.9. The fourth-order valence-electron chi connectivity index (χ4n) is 7.55. The molecule has 2 aromatic carbocycles. The third kappa shape index (κ3) is 5.46. The Kier molecular flexibility index (Phi) is 7.69. The van der Waals surface area contributed by atoms with Gasteiger partial charge in [0, 0.05) is 30.6 Å². The highest BCUT2D eigenvalue weighted by Crippen LogP contribution is 2.44. The number of aliphatic carboxylic acids is 1. The number of carbonyl (C=O) groups is 1. The molecule has 0 amide bonds. The van der Waals surface area contributed by atoms with E-state index >= 15 is 0 Å². The number of anilines is 1. The van der Waals surface area contributed by atoms with E-state index in [0.29, 0.717) is 18.1 Å². The van der Waals surface area contributed by atoms with E-state index in [1.54, 1.807) is 0 Å².